The quantitative estimate of drug-likeness (QED) is 0.173. The molecule has 1 nitrogen and oxygen atoms in total. The molecule has 11 rings (SSSR count). The smallest absolute Gasteiger partial charge is 0.136 e. The predicted molar refractivity (Wildman–Crippen MR) is 215 cm³/mol. The molecule has 2 heterocycles. The van der Waals surface area contributed by atoms with Crippen molar-refractivity contribution in [1.29, 1.82) is 0 Å². The van der Waals surface area contributed by atoms with Gasteiger partial charge in [0.2, 0.25) is 0 Å². The van der Waals surface area contributed by atoms with Crippen LogP contribution in [0.15, 0.2) is 174 Å². The first-order valence-electron chi connectivity index (χ1n) is 17.1. The van der Waals surface area contributed by atoms with E-state index < -0.39 is 0 Å². The predicted octanol–water partition coefficient (Wildman–Crippen LogP) is 14.4. The molecule has 9 aromatic carbocycles. The van der Waals surface area contributed by atoms with Crippen molar-refractivity contribution in [2.24, 2.45) is 0 Å². The van der Waals surface area contributed by atoms with Gasteiger partial charge in [-0.15, -0.1) is 11.3 Å². The zero-order valence-electron chi connectivity index (χ0n) is 27.0. The van der Waals surface area contributed by atoms with Crippen LogP contribution < -0.4 is 0 Å². The third kappa shape index (κ3) is 4.06. The Kier molecular flexibility index (Phi) is 5.89. The van der Waals surface area contributed by atoms with Crippen LogP contribution >= 0.6 is 11.3 Å². The Balaban J connectivity index is 1.05. The van der Waals surface area contributed by atoms with Gasteiger partial charge in [0.15, 0.2) is 0 Å². The molecule has 0 spiro atoms. The number of hydrogen-bond donors (Lipinski definition) is 0. The van der Waals surface area contributed by atoms with Crippen molar-refractivity contribution in [2.45, 2.75) is 0 Å². The van der Waals surface area contributed by atoms with E-state index in [1.165, 1.54) is 91.1 Å². The summed E-state index contributed by atoms with van der Waals surface area (Å²) in [5.41, 5.74) is 9.19. The fourth-order valence-electron chi connectivity index (χ4n) is 8.19. The lowest BCUT2D eigenvalue weighted by atomic mass is 9.85. The Hall–Kier alpha value is -6.22. The van der Waals surface area contributed by atoms with Crippen molar-refractivity contribution in [2.75, 3.05) is 0 Å². The highest BCUT2D eigenvalue weighted by Crippen LogP contribution is 2.45. The van der Waals surface area contributed by atoms with E-state index in [9.17, 15) is 0 Å². The normalized spacial score (nSPS) is 12.0. The maximum Gasteiger partial charge on any atom is 0.136 e. The standard InChI is InChI=1S/C48H28OS/c1-2-10-32-27-34(22-19-29(32)9-1)46-37-13-5-3-11-35(37)45(36-12-4-6-14-38(36)46)31-20-17-30(18-21-31)33-23-24-39-42(28-33)49-41-25-26-44-48(47(39)41)40-15-7-8-16-43(40)50-44/h1-28H. The Bertz CT molecular complexity index is 3080. The van der Waals surface area contributed by atoms with Crippen molar-refractivity contribution in [1.82, 2.24) is 0 Å². The second-order valence-corrected chi connectivity index (χ2v) is 14.3. The summed E-state index contributed by atoms with van der Waals surface area (Å²) in [7, 11) is 0. The number of furan rings is 1. The van der Waals surface area contributed by atoms with Crippen molar-refractivity contribution in [3.05, 3.63) is 170 Å². The fourth-order valence-corrected chi connectivity index (χ4v) is 9.30. The van der Waals surface area contributed by atoms with E-state index in [0.717, 1.165) is 16.7 Å². The summed E-state index contributed by atoms with van der Waals surface area (Å²) < 4.78 is 9.11. The minimum Gasteiger partial charge on any atom is -0.456 e. The van der Waals surface area contributed by atoms with Crippen LogP contribution in [0.1, 0.15) is 0 Å². The molecule has 0 N–H and O–H groups in total. The molecule has 0 aliphatic heterocycles. The van der Waals surface area contributed by atoms with E-state index in [2.05, 4.69) is 170 Å². The van der Waals surface area contributed by atoms with E-state index in [0.29, 0.717) is 0 Å². The monoisotopic (exact) mass is 652 g/mol. The molecular formula is C48H28OS. The van der Waals surface area contributed by atoms with Gasteiger partial charge in [-0.2, -0.15) is 0 Å². The van der Waals surface area contributed by atoms with Crippen molar-refractivity contribution in [3.8, 4) is 33.4 Å². The number of fused-ring (bicyclic) bond motifs is 10. The van der Waals surface area contributed by atoms with E-state index in [-0.39, 0.29) is 0 Å². The van der Waals surface area contributed by atoms with E-state index in [4.69, 9.17) is 4.42 Å². The molecule has 0 aliphatic carbocycles. The summed E-state index contributed by atoms with van der Waals surface area (Å²) >= 11 is 1.85. The minimum atomic E-state index is 0.922. The highest BCUT2D eigenvalue weighted by molar-refractivity contribution is 7.26. The van der Waals surface area contributed by atoms with E-state index in [1.54, 1.807) is 0 Å². The van der Waals surface area contributed by atoms with Crippen molar-refractivity contribution in [3.63, 3.8) is 0 Å². The number of hydrogen-bond acceptors (Lipinski definition) is 2. The molecular weight excluding hydrogens is 625 g/mol. The SMILES string of the molecule is c1ccc2cc(-c3c4ccccc4c(-c4ccc(-c5ccc6c(c5)oc5ccc7sc8ccccc8c7c56)cc4)c4ccccc34)ccc2c1. The van der Waals surface area contributed by atoms with Gasteiger partial charge in [0.1, 0.15) is 11.2 Å². The molecule has 0 amide bonds. The van der Waals surface area contributed by atoms with Gasteiger partial charge in [-0.3, -0.25) is 0 Å². The molecule has 0 atom stereocenters. The van der Waals surface area contributed by atoms with Gasteiger partial charge in [0, 0.05) is 30.9 Å². The fraction of sp³-hybridized carbons (Fsp3) is 0. The van der Waals surface area contributed by atoms with Crippen LogP contribution in [0.2, 0.25) is 0 Å². The first kappa shape index (κ1) is 27.7. The molecule has 0 bridgehead atoms. The average Bonchev–Trinajstić information content (AvgIpc) is 3.74. The van der Waals surface area contributed by atoms with Crippen LogP contribution in [0, 0.1) is 0 Å². The second-order valence-electron chi connectivity index (χ2n) is 13.2. The summed E-state index contributed by atoms with van der Waals surface area (Å²) in [5, 5.41) is 12.5. The summed E-state index contributed by atoms with van der Waals surface area (Å²) in [5.74, 6) is 0. The van der Waals surface area contributed by atoms with Gasteiger partial charge >= 0.3 is 0 Å². The minimum absolute atomic E-state index is 0.922. The lowest BCUT2D eigenvalue weighted by molar-refractivity contribution is 0.669. The molecule has 50 heavy (non-hydrogen) atoms. The molecule has 0 saturated carbocycles. The second kappa shape index (κ2) is 10.6. The highest BCUT2D eigenvalue weighted by atomic mass is 32.1. The zero-order valence-corrected chi connectivity index (χ0v) is 27.8. The average molecular weight is 653 g/mol. The summed E-state index contributed by atoms with van der Waals surface area (Å²) in [6.45, 7) is 0. The van der Waals surface area contributed by atoms with E-state index >= 15 is 0 Å². The van der Waals surface area contributed by atoms with Gasteiger partial charge < -0.3 is 4.42 Å². The summed E-state index contributed by atoms with van der Waals surface area (Å²) in [4.78, 5) is 0. The first-order valence-corrected chi connectivity index (χ1v) is 17.9. The first-order chi connectivity index (χ1) is 24.8. The third-order valence-electron chi connectivity index (χ3n) is 10.5. The zero-order chi connectivity index (χ0) is 32.8. The summed E-state index contributed by atoms with van der Waals surface area (Å²) in [6, 6.07) is 62.0. The molecule has 0 unspecified atom stereocenters. The van der Waals surface area contributed by atoms with Crippen LogP contribution in [0.25, 0.3) is 108 Å². The van der Waals surface area contributed by atoms with Crippen LogP contribution in [0.3, 0.4) is 0 Å². The lowest BCUT2D eigenvalue weighted by Crippen LogP contribution is -1.91. The van der Waals surface area contributed by atoms with Gasteiger partial charge in [-0.05, 0) is 102 Å². The van der Waals surface area contributed by atoms with Crippen LogP contribution in [-0.2, 0) is 0 Å². The van der Waals surface area contributed by atoms with Gasteiger partial charge in [0.05, 0.1) is 0 Å². The number of benzene rings is 9. The summed E-state index contributed by atoms with van der Waals surface area (Å²) in [6.07, 6.45) is 0. The lowest BCUT2D eigenvalue weighted by Gasteiger charge is -2.18. The van der Waals surface area contributed by atoms with Crippen LogP contribution in [0.5, 0.6) is 0 Å². The Morgan fingerprint density at radius 3 is 1.64 bits per heavy atom. The van der Waals surface area contributed by atoms with Crippen LogP contribution in [-0.4, -0.2) is 0 Å². The van der Waals surface area contributed by atoms with E-state index in [1.807, 2.05) is 11.3 Å². The van der Waals surface area contributed by atoms with Crippen molar-refractivity contribution < 1.29 is 4.42 Å². The molecule has 11 aromatic rings. The maximum atomic E-state index is 6.51. The number of thiophene rings is 1. The maximum absolute atomic E-state index is 6.51. The Morgan fingerprint density at radius 1 is 0.320 bits per heavy atom. The van der Waals surface area contributed by atoms with Crippen LogP contribution in [0.4, 0.5) is 0 Å². The number of rotatable bonds is 3. The molecule has 0 radical (unpaired) electrons. The Labute approximate surface area is 292 Å². The molecule has 0 saturated heterocycles. The van der Waals surface area contributed by atoms with Crippen molar-refractivity contribution >= 4 is 85.8 Å². The van der Waals surface area contributed by atoms with Gasteiger partial charge in [0.25, 0.3) is 0 Å². The molecule has 0 fully saturated rings. The molecule has 232 valence electrons. The Morgan fingerprint density at radius 2 is 0.900 bits per heavy atom. The van der Waals surface area contributed by atoms with Gasteiger partial charge in [-0.25, -0.2) is 0 Å². The molecule has 0 aliphatic rings. The van der Waals surface area contributed by atoms with Gasteiger partial charge in [-0.1, -0.05) is 133 Å². The third-order valence-corrected chi connectivity index (χ3v) is 11.6. The topological polar surface area (TPSA) is 13.1 Å². The molecule has 2 aromatic heterocycles. The largest absolute Gasteiger partial charge is 0.456 e. The molecule has 2 heteroatoms. The highest BCUT2D eigenvalue weighted by Gasteiger charge is 2.18.